The third-order valence-electron chi connectivity index (χ3n) is 4.06. The molecule has 0 aromatic heterocycles. The van der Waals surface area contributed by atoms with Crippen LogP contribution in [0.25, 0.3) is 6.08 Å². The van der Waals surface area contributed by atoms with Crippen molar-refractivity contribution in [1.82, 2.24) is 5.32 Å². The molecule has 144 valence electrons. The summed E-state index contributed by atoms with van der Waals surface area (Å²) in [6, 6.07) is 15.4. The summed E-state index contributed by atoms with van der Waals surface area (Å²) in [5, 5.41) is 3.48. The van der Waals surface area contributed by atoms with Gasteiger partial charge in [0.1, 0.15) is 18.1 Å². The highest BCUT2D eigenvalue weighted by atomic mass is 32.2. The van der Waals surface area contributed by atoms with E-state index in [1.807, 2.05) is 48.5 Å². The summed E-state index contributed by atoms with van der Waals surface area (Å²) in [6.07, 6.45) is 4.96. The van der Waals surface area contributed by atoms with E-state index in [1.165, 1.54) is 6.08 Å². The first-order valence-electron chi connectivity index (χ1n) is 8.85. The van der Waals surface area contributed by atoms with Crippen LogP contribution in [0.5, 0.6) is 11.5 Å². The fourth-order valence-electron chi connectivity index (χ4n) is 2.59. The van der Waals surface area contributed by atoms with Gasteiger partial charge in [-0.25, -0.2) is 0 Å². The lowest BCUT2D eigenvalue weighted by atomic mass is 10.1. The second kappa shape index (κ2) is 9.80. The number of nitrogens with zero attached hydrogens (tertiary/aromatic N) is 1. The van der Waals surface area contributed by atoms with E-state index in [0.29, 0.717) is 11.8 Å². The first-order chi connectivity index (χ1) is 13.7. The fraction of sp³-hybridized carbons (Fsp3) is 0.182. The summed E-state index contributed by atoms with van der Waals surface area (Å²) >= 11 is 1.54. The van der Waals surface area contributed by atoms with E-state index in [9.17, 15) is 4.79 Å². The molecule has 1 aliphatic rings. The Labute approximate surface area is 169 Å². The third kappa shape index (κ3) is 5.50. The Hall–Kier alpha value is -2.99. The van der Waals surface area contributed by atoms with Crippen molar-refractivity contribution in [2.75, 3.05) is 19.5 Å². The predicted molar refractivity (Wildman–Crippen MR) is 115 cm³/mol. The number of hydrogen-bond acceptors (Lipinski definition) is 5. The van der Waals surface area contributed by atoms with Gasteiger partial charge in [0.15, 0.2) is 5.17 Å². The Kier molecular flexibility index (Phi) is 6.92. The molecule has 1 unspecified atom stereocenters. The average Bonchev–Trinajstić information content (AvgIpc) is 3.20. The molecule has 6 heteroatoms. The largest absolute Gasteiger partial charge is 0.497 e. The Morgan fingerprint density at radius 3 is 2.61 bits per heavy atom. The highest BCUT2D eigenvalue weighted by Crippen LogP contribution is 2.30. The molecule has 3 rings (SSSR count). The van der Waals surface area contributed by atoms with E-state index < -0.39 is 0 Å². The third-order valence-corrected chi connectivity index (χ3v) is 5.02. The number of benzene rings is 2. The van der Waals surface area contributed by atoms with E-state index in [2.05, 4.69) is 16.9 Å². The van der Waals surface area contributed by atoms with Crippen LogP contribution >= 0.6 is 11.8 Å². The van der Waals surface area contributed by atoms with Gasteiger partial charge >= 0.3 is 0 Å². The molecule has 1 atom stereocenters. The molecule has 28 heavy (non-hydrogen) atoms. The van der Waals surface area contributed by atoms with Crippen molar-refractivity contribution in [2.24, 2.45) is 4.99 Å². The average molecular weight is 394 g/mol. The first-order valence-corrected chi connectivity index (χ1v) is 9.84. The number of thioether (sulfide) groups is 1. The van der Waals surface area contributed by atoms with E-state index >= 15 is 0 Å². The molecule has 2 aromatic rings. The maximum atomic E-state index is 12.2. The molecule has 0 spiro atoms. The smallest absolute Gasteiger partial charge is 0.249 e. The van der Waals surface area contributed by atoms with Gasteiger partial charge in [-0.05, 0) is 41.5 Å². The molecule has 0 saturated carbocycles. The van der Waals surface area contributed by atoms with Gasteiger partial charge < -0.3 is 14.8 Å². The highest BCUT2D eigenvalue weighted by Gasteiger charge is 2.20. The summed E-state index contributed by atoms with van der Waals surface area (Å²) in [4.78, 5) is 16.8. The molecule has 2 aromatic carbocycles. The zero-order valence-electron chi connectivity index (χ0n) is 15.6. The van der Waals surface area contributed by atoms with Crippen LogP contribution in [-0.2, 0) is 4.79 Å². The van der Waals surface area contributed by atoms with Crippen LogP contribution in [0.3, 0.4) is 0 Å². The van der Waals surface area contributed by atoms with Crippen LogP contribution in [0.1, 0.15) is 17.2 Å². The van der Waals surface area contributed by atoms with Gasteiger partial charge in [-0.15, -0.1) is 0 Å². The van der Waals surface area contributed by atoms with Crippen molar-refractivity contribution in [3.8, 4) is 11.5 Å². The fourth-order valence-corrected chi connectivity index (χ4v) is 3.55. The van der Waals surface area contributed by atoms with Gasteiger partial charge in [0.05, 0.1) is 13.2 Å². The lowest BCUT2D eigenvalue weighted by Gasteiger charge is -2.06. The predicted octanol–water partition coefficient (Wildman–Crippen LogP) is 4.23. The van der Waals surface area contributed by atoms with Crippen LogP contribution in [0.15, 0.2) is 72.3 Å². The molecule has 1 aliphatic heterocycles. The normalized spacial score (nSPS) is 15.9. The second-order valence-electron chi connectivity index (χ2n) is 6.03. The highest BCUT2D eigenvalue weighted by molar-refractivity contribution is 8.14. The molecule has 0 saturated heterocycles. The van der Waals surface area contributed by atoms with Gasteiger partial charge in [0.2, 0.25) is 5.91 Å². The van der Waals surface area contributed by atoms with Crippen LogP contribution < -0.4 is 14.8 Å². The van der Waals surface area contributed by atoms with Gasteiger partial charge in [0.25, 0.3) is 0 Å². The Balaban J connectivity index is 1.54. The molecule has 5 nitrogen and oxygen atoms in total. The summed E-state index contributed by atoms with van der Waals surface area (Å²) in [6.45, 7) is 4.08. The molecular weight excluding hydrogens is 372 g/mol. The maximum Gasteiger partial charge on any atom is 0.249 e. The summed E-state index contributed by atoms with van der Waals surface area (Å²) in [7, 11) is 1.64. The molecule has 0 bridgehead atoms. The Morgan fingerprint density at radius 1 is 1.21 bits per heavy atom. The minimum absolute atomic E-state index is 0.0401. The quantitative estimate of drug-likeness (QED) is 0.564. The van der Waals surface area contributed by atoms with E-state index in [-0.39, 0.29) is 11.9 Å². The molecule has 0 aliphatic carbocycles. The van der Waals surface area contributed by atoms with Crippen molar-refractivity contribution >= 4 is 28.9 Å². The molecule has 1 amide bonds. The molecule has 0 fully saturated rings. The minimum atomic E-state index is -0.200. The molecular formula is C22H22N2O3S. The van der Waals surface area contributed by atoms with Gasteiger partial charge in [-0.1, -0.05) is 48.7 Å². The van der Waals surface area contributed by atoms with E-state index in [1.54, 1.807) is 31.0 Å². The first kappa shape index (κ1) is 19.8. The standard InChI is InChI=1S/C22H22N2O3S/c1-3-14-27-19-9-4-16(5-10-19)6-13-21(25)24-22-23-20(15-28-22)17-7-11-18(26-2)12-8-17/h3-13,20H,1,14-15H2,2H3,(H,23,24,25)/b13-6+. The number of amidine groups is 1. The number of carbonyl (C=O) groups excluding carboxylic acids is 1. The van der Waals surface area contributed by atoms with Crippen molar-refractivity contribution in [1.29, 1.82) is 0 Å². The number of methoxy groups -OCH3 is 1. The number of hydrogen-bond donors (Lipinski definition) is 1. The zero-order valence-corrected chi connectivity index (χ0v) is 16.4. The summed E-state index contributed by atoms with van der Waals surface area (Å²) in [5.41, 5.74) is 2.02. The number of carbonyl (C=O) groups is 1. The molecule has 1 N–H and O–H groups in total. The van der Waals surface area contributed by atoms with Gasteiger partial charge in [-0.3, -0.25) is 9.79 Å². The van der Waals surface area contributed by atoms with Crippen molar-refractivity contribution in [3.05, 3.63) is 78.4 Å². The second-order valence-corrected chi connectivity index (χ2v) is 7.03. The Morgan fingerprint density at radius 2 is 1.93 bits per heavy atom. The van der Waals surface area contributed by atoms with Gasteiger partial charge in [0, 0.05) is 11.8 Å². The van der Waals surface area contributed by atoms with Crippen molar-refractivity contribution in [3.63, 3.8) is 0 Å². The number of rotatable bonds is 7. The van der Waals surface area contributed by atoms with Crippen LogP contribution in [0.2, 0.25) is 0 Å². The maximum absolute atomic E-state index is 12.2. The van der Waals surface area contributed by atoms with Crippen LogP contribution in [0, 0.1) is 0 Å². The van der Waals surface area contributed by atoms with Gasteiger partial charge in [-0.2, -0.15) is 0 Å². The number of amides is 1. The lowest BCUT2D eigenvalue weighted by Crippen LogP contribution is -2.25. The SMILES string of the molecule is C=CCOc1ccc(/C=C/C(=O)NC2=NC(c3ccc(OC)cc3)CS2)cc1. The monoisotopic (exact) mass is 394 g/mol. The summed E-state index contributed by atoms with van der Waals surface area (Å²) in [5.74, 6) is 2.19. The topological polar surface area (TPSA) is 59.9 Å². The summed E-state index contributed by atoms with van der Waals surface area (Å²) < 4.78 is 10.6. The van der Waals surface area contributed by atoms with Crippen molar-refractivity contribution in [2.45, 2.75) is 6.04 Å². The zero-order chi connectivity index (χ0) is 19.8. The van der Waals surface area contributed by atoms with E-state index in [4.69, 9.17) is 9.47 Å². The van der Waals surface area contributed by atoms with Crippen molar-refractivity contribution < 1.29 is 14.3 Å². The minimum Gasteiger partial charge on any atom is -0.497 e. The van der Waals surface area contributed by atoms with Crippen LogP contribution in [-0.4, -0.2) is 30.5 Å². The Bertz CT molecular complexity index is 874. The number of ether oxygens (including phenoxy) is 2. The molecule has 1 heterocycles. The van der Waals surface area contributed by atoms with Crippen LogP contribution in [0.4, 0.5) is 0 Å². The molecule has 0 radical (unpaired) electrons. The number of aliphatic imine (C=N–C) groups is 1. The number of nitrogens with one attached hydrogen (secondary N) is 1. The lowest BCUT2D eigenvalue weighted by molar-refractivity contribution is -0.115. The van der Waals surface area contributed by atoms with E-state index in [0.717, 1.165) is 28.4 Å².